The third-order valence-electron chi connectivity index (χ3n) is 5.03. The average molecular weight is 373 g/mol. The Morgan fingerprint density at radius 2 is 0.923 bits per heavy atom. The highest BCUT2D eigenvalue weighted by molar-refractivity contribution is 5.78. The summed E-state index contributed by atoms with van der Waals surface area (Å²) in [5.41, 5.74) is 0. The van der Waals surface area contributed by atoms with E-state index in [4.69, 9.17) is 15.3 Å². The second-order valence-electron chi connectivity index (χ2n) is 7.87. The first-order valence-electron chi connectivity index (χ1n) is 11.1. The molecule has 0 amide bonds. The van der Waals surface area contributed by atoms with Gasteiger partial charge in [-0.2, -0.15) is 0 Å². The lowest BCUT2D eigenvalue weighted by Crippen LogP contribution is -2.26. The quantitative estimate of drug-likeness (QED) is 0.191. The molecular formula is C22H44O4. The molecule has 0 spiro atoms. The lowest BCUT2D eigenvalue weighted by molar-refractivity contribution is -0.314. The molecule has 0 rings (SSSR count). The maximum absolute atomic E-state index is 11.6. The van der Waals surface area contributed by atoms with Crippen molar-refractivity contribution in [3.63, 3.8) is 0 Å². The molecular weight excluding hydrogens is 328 g/mol. The Morgan fingerprint density at radius 1 is 0.577 bits per heavy atom. The minimum absolute atomic E-state index is 0.156. The summed E-state index contributed by atoms with van der Waals surface area (Å²) in [6, 6.07) is 0. The summed E-state index contributed by atoms with van der Waals surface area (Å²) in [5, 5.41) is 26.2. The van der Waals surface area contributed by atoms with Crippen molar-refractivity contribution in [2.45, 2.75) is 135 Å². The summed E-state index contributed by atoms with van der Waals surface area (Å²) in [7, 11) is 0. The van der Waals surface area contributed by atoms with Gasteiger partial charge in [-0.3, -0.25) is 4.79 Å². The summed E-state index contributed by atoms with van der Waals surface area (Å²) < 4.78 is 0. The number of aliphatic hydroxyl groups is 3. The third-order valence-corrected chi connectivity index (χ3v) is 5.03. The fraction of sp³-hybridized carbons (Fsp3) is 0.955. The molecule has 0 saturated carbocycles. The molecule has 0 unspecified atom stereocenters. The molecule has 0 aromatic carbocycles. The Labute approximate surface area is 161 Å². The lowest BCUT2D eigenvalue weighted by Gasteiger charge is -2.12. The first-order valence-corrected chi connectivity index (χ1v) is 11.1. The second kappa shape index (κ2) is 17.9. The van der Waals surface area contributed by atoms with E-state index < -0.39 is 5.97 Å². The van der Waals surface area contributed by atoms with Crippen LogP contribution in [0, 0.1) is 0 Å². The van der Waals surface area contributed by atoms with Crippen LogP contribution in [0.3, 0.4) is 0 Å². The van der Waals surface area contributed by atoms with E-state index in [2.05, 4.69) is 6.92 Å². The normalized spacial score (nSPS) is 11.8. The van der Waals surface area contributed by atoms with Crippen molar-refractivity contribution in [2.24, 2.45) is 0 Å². The zero-order valence-corrected chi connectivity index (χ0v) is 17.2. The second-order valence-corrected chi connectivity index (χ2v) is 7.87. The first-order chi connectivity index (χ1) is 12.5. The van der Waals surface area contributed by atoms with Crippen molar-refractivity contribution >= 4 is 5.78 Å². The first kappa shape index (κ1) is 25.6. The van der Waals surface area contributed by atoms with Crippen LogP contribution in [0.4, 0.5) is 0 Å². The number of hydrogen-bond acceptors (Lipinski definition) is 4. The van der Waals surface area contributed by atoms with Crippen molar-refractivity contribution < 1.29 is 20.1 Å². The van der Waals surface area contributed by atoms with Gasteiger partial charge in [0.15, 0.2) is 0 Å². The van der Waals surface area contributed by atoms with Crippen LogP contribution in [0.25, 0.3) is 0 Å². The SMILES string of the molecule is CCCCCCCCCCCCCCCCCC(=O)CCCC(O)(O)O. The molecule has 156 valence electrons. The summed E-state index contributed by atoms with van der Waals surface area (Å²) in [5.74, 6) is -2.47. The summed E-state index contributed by atoms with van der Waals surface area (Å²) in [6.07, 6.45) is 20.8. The van der Waals surface area contributed by atoms with Gasteiger partial charge in [-0.15, -0.1) is 0 Å². The Balaban J connectivity index is 3.16. The van der Waals surface area contributed by atoms with Crippen molar-refractivity contribution in [1.29, 1.82) is 0 Å². The van der Waals surface area contributed by atoms with Gasteiger partial charge >= 0.3 is 0 Å². The smallest absolute Gasteiger partial charge is 0.275 e. The van der Waals surface area contributed by atoms with Crippen LogP contribution in [-0.4, -0.2) is 27.1 Å². The minimum atomic E-state index is -2.63. The van der Waals surface area contributed by atoms with Gasteiger partial charge in [0.2, 0.25) is 0 Å². The number of rotatable bonds is 20. The molecule has 0 aromatic rings. The Hall–Kier alpha value is -0.450. The topological polar surface area (TPSA) is 77.8 Å². The molecule has 0 aromatic heterocycles. The number of ketones is 1. The van der Waals surface area contributed by atoms with Gasteiger partial charge in [-0.25, -0.2) is 0 Å². The van der Waals surface area contributed by atoms with Crippen LogP contribution in [0.2, 0.25) is 0 Å². The van der Waals surface area contributed by atoms with Gasteiger partial charge < -0.3 is 15.3 Å². The molecule has 4 heteroatoms. The summed E-state index contributed by atoms with van der Waals surface area (Å²) in [4.78, 5) is 11.6. The number of unbranched alkanes of at least 4 members (excludes halogenated alkanes) is 14. The lowest BCUT2D eigenvalue weighted by atomic mass is 10.0. The predicted molar refractivity (Wildman–Crippen MR) is 108 cm³/mol. The average Bonchev–Trinajstić information content (AvgIpc) is 2.57. The fourth-order valence-corrected chi connectivity index (χ4v) is 3.34. The van der Waals surface area contributed by atoms with E-state index in [0.717, 1.165) is 12.8 Å². The third kappa shape index (κ3) is 21.6. The van der Waals surface area contributed by atoms with E-state index in [1.807, 2.05) is 0 Å². The van der Waals surface area contributed by atoms with Crippen LogP contribution in [0.15, 0.2) is 0 Å². The van der Waals surface area contributed by atoms with Crippen LogP contribution >= 0.6 is 0 Å². The standard InChI is InChI=1S/C22H44O4/c1-2-3-4-5-6-7-8-9-10-11-12-13-14-15-16-18-21(23)19-17-20-22(24,25)26/h24-26H,2-20H2,1H3. The highest BCUT2D eigenvalue weighted by atomic mass is 16.7. The van der Waals surface area contributed by atoms with E-state index in [1.165, 1.54) is 83.5 Å². The van der Waals surface area contributed by atoms with Crippen LogP contribution in [0.1, 0.15) is 129 Å². The van der Waals surface area contributed by atoms with Gasteiger partial charge in [0.25, 0.3) is 5.97 Å². The molecule has 0 fully saturated rings. The zero-order valence-electron chi connectivity index (χ0n) is 17.2. The van der Waals surface area contributed by atoms with Gasteiger partial charge in [0, 0.05) is 19.3 Å². The number of carbonyl (C=O) groups is 1. The van der Waals surface area contributed by atoms with E-state index in [1.54, 1.807) is 0 Å². The number of hydrogen-bond donors (Lipinski definition) is 3. The van der Waals surface area contributed by atoms with Crippen molar-refractivity contribution in [1.82, 2.24) is 0 Å². The molecule has 0 atom stereocenters. The maximum Gasteiger partial charge on any atom is 0.275 e. The molecule has 0 aliphatic heterocycles. The van der Waals surface area contributed by atoms with Gasteiger partial charge in [0.1, 0.15) is 5.78 Å². The van der Waals surface area contributed by atoms with Gasteiger partial charge in [0.05, 0.1) is 0 Å². The van der Waals surface area contributed by atoms with Crippen molar-refractivity contribution in [2.75, 3.05) is 0 Å². The van der Waals surface area contributed by atoms with Crippen LogP contribution in [-0.2, 0) is 4.79 Å². The molecule has 4 nitrogen and oxygen atoms in total. The Morgan fingerprint density at radius 3 is 1.31 bits per heavy atom. The Bertz CT molecular complexity index is 310. The van der Waals surface area contributed by atoms with E-state index in [9.17, 15) is 4.79 Å². The maximum atomic E-state index is 11.6. The molecule has 0 saturated heterocycles. The monoisotopic (exact) mass is 372 g/mol. The molecule has 0 radical (unpaired) electrons. The minimum Gasteiger partial charge on any atom is -0.344 e. The van der Waals surface area contributed by atoms with E-state index >= 15 is 0 Å². The van der Waals surface area contributed by atoms with E-state index in [-0.39, 0.29) is 12.2 Å². The molecule has 0 aliphatic carbocycles. The highest BCUT2D eigenvalue weighted by Crippen LogP contribution is 2.14. The summed E-state index contributed by atoms with van der Waals surface area (Å²) >= 11 is 0. The van der Waals surface area contributed by atoms with E-state index in [0.29, 0.717) is 19.3 Å². The van der Waals surface area contributed by atoms with Crippen molar-refractivity contribution in [3.05, 3.63) is 0 Å². The van der Waals surface area contributed by atoms with Crippen LogP contribution in [0.5, 0.6) is 0 Å². The highest BCUT2D eigenvalue weighted by Gasteiger charge is 2.17. The van der Waals surface area contributed by atoms with Crippen LogP contribution < -0.4 is 0 Å². The number of Topliss-reactive ketones (excluding diaryl/α,β-unsaturated/α-hetero) is 1. The van der Waals surface area contributed by atoms with Gasteiger partial charge in [-0.05, 0) is 12.8 Å². The molecule has 3 N–H and O–H groups in total. The number of carbonyl (C=O) groups excluding carboxylic acids is 1. The predicted octanol–water partition coefficient (Wildman–Crippen LogP) is 5.62. The fourth-order valence-electron chi connectivity index (χ4n) is 3.34. The van der Waals surface area contributed by atoms with Gasteiger partial charge in [-0.1, -0.05) is 96.8 Å². The largest absolute Gasteiger partial charge is 0.344 e. The molecule has 0 bridgehead atoms. The summed E-state index contributed by atoms with van der Waals surface area (Å²) in [6.45, 7) is 2.26. The zero-order chi connectivity index (χ0) is 19.5. The molecule has 0 heterocycles. The van der Waals surface area contributed by atoms with Crippen molar-refractivity contribution in [3.8, 4) is 0 Å². The Kier molecular flexibility index (Phi) is 17.6. The molecule has 0 aliphatic rings. The molecule has 26 heavy (non-hydrogen) atoms.